The van der Waals surface area contributed by atoms with Gasteiger partial charge in [-0.2, -0.15) is 5.10 Å². The highest BCUT2D eigenvalue weighted by atomic mass is 19.1. The number of nitrogens with zero attached hydrogens (tertiary/aromatic N) is 3. The van der Waals surface area contributed by atoms with Crippen LogP contribution >= 0.6 is 0 Å². The maximum atomic E-state index is 14.0. The Labute approximate surface area is 141 Å². The molecule has 6 heteroatoms. The van der Waals surface area contributed by atoms with Crippen LogP contribution in [0.3, 0.4) is 0 Å². The van der Waals surface area contributed by atoms with Crippen molar-refractivity contribution < 1.29 is 9.18 Å². The van der Waals surface area contributed by atoms with Crippen LogP contribution in [0, 0.1) is 5.82 Å². The SMILES string of the molecule is CC(C)c1ccc(NC(=O)N2CC[C@@H](c3cnn(C)c3)C2)cc1F. The van der Waals surface area contributed by atoms with Crippen molar-refractivity contribution in [2.24, 2.45) is 7.05 Å². The van der Waals surface area contributed by atoms with Crippen molar-refractivity contribution in [3.8, 4) is 0 Å². The normalized spacial score (nSPS) is 17.5. The van der Waals surface area contributed by atoms with Crippen LogP contribution in [0.25, 0.3) is 0 Å². The van der Waals surface area contributed by atoms with E-state index in [9.17, 15) is 9.18 Å². The van der Waals surface area contributed by atoms with Crippen LogP contribution in [0.5, 0.6) is 0 Å². The third-order valence-electron chi connectivity index (χ3n) is 4.55. The van der Waals surface area contributed by atoms with Crippen LogP contribution in [-0.2, 0) is 7.05 Å². The maximum absolute atomic E-state index is 14.0. The molecule has 0 radical (unpaired) electrons. The standard InChI is InChI=1S/C18H23FN4O/c1-12(2)16-5-4-15(8-17(16)19)21-18(24)23-7-6-13(11-23)14-9-20-22(3)10-14/h4-5,8-10,12-13H,6-7,11H2,1-3H3,(H,21,24)/t13-/m1/s1. The fraction of sp³-hybridized carbons (Fsp3) is 0.444. The summed E-state index contributed by atoms with van der Waals surface area (Å²) in [5, 5.41) is 6.98. The first kappa shape index (κ1) is 16.5. The zero-order valence-corrected chi connectivity index (χ0v) is 14.3. The van der Waals surface area contributed by atoms with E-state index < -0.39 is 0 Å². The Kier molecular flexibility index (Phi) is 4.55. The Morgan fingerprint density at radius 2 is 2.21 bits per heavy atom. The first-order valence-electron chi connectivity index (χ1n) is 8.28. The summed E-state index contributed by atoms with van der Waals surface area (Å²) in [5.41, 5.74) is 2.30. The van der Waals surface area contributed by atoms with E-state index >= 15 is 0 Å². The number of anilines is 1. The number of carbonyl (C=O) groups excluding carboxylic acids is 1. The number of benzene rings is 1. The number of amides is 2. The lowest BCUT2D eigenvalue weighted by molar-refractivity contribution is 0.222. The molecule has 1 aromatic heterocycles. The Morgan fingerprint density at radius 3 is 2.83 bits per heavy atom. The van der Waals surface area contributed by atoms with Crippen LogP contribution < -0.4 is 5.32 Å². The molecular weight excluding hydrogens is 307 g/mol. The topological polar surface area (TPSA) is 50.2 Å². The van der Waals surface area contributed by atoms with Crippen LogP contribution in [0.1, 0.15) is 43.2 Å². The number of aryl methyl sites for hydroxylation is 1. The van der Waals surface area contributed by atoms with Gasteiger partial charge in [-0.25, -0.2) is 9.18 Å². The molecule has 0 bridgehead atoms. The number of urea groups is 1. The third-order valence-corrected chi connectivity index (χ3v) is 4.55. The number of aromatic nitrogens is 2. The fourth-order valence-corrected chi connectivity index (χ4v) is 3.14. The minimum atomic E-state index is -0.280. The van der Waals surface area contributed by atoms with Gasteiger partial charge in [-0.05, 0) is 35.6 Å². The predicted octanol–water partition coefficient (Wildman–Crippen LogP) is 3.70. The number of likely N-dealkylation sites (tertiary alicyclic amines) is 1. The molecule has 1 saturated heterocycles. The lowest BCUT2D eigenvalue weighted by Crippen LogP contribution is -2.32. The second-order valence-electron chi connectivity index (χ2n) is 6.70. The summed E-state index contributed by atoms with van der Waals surface area (Å²) in [6, 6.07) is 4.70. The number of hydrogen-bond donors (Lipinski definition) is 1. The van der Waals surface area contributed by atoms with Crippen molar-refractivity contribution in [1.82, 2.24) is 14.7 Å². The maximum Gasteiger partial charge on any atom is 0.321 e. The molecule has 0 aliphatic carbocycles. The van der Waals surface area contributed by atoms with Gasteiger partial charge in [0, 0.05) is 37.9 Å². The molecule has 128 valence electrons. The van der Waals surface area contributed by atoms with Gasteiger partial charge in [-0.3, -0.25) is 4.68 Å². The molecule has 1 fully saturated rings. The average Bonchev–Trinajstić information content (AvgIpc) is 3.15. The van der Waals surface area contributed by atoms with Gasteiger partial charge in [-0.15, -0.1) is 0 Å². The van der Waals surface area contributed by atoms with Crippen LogP contribution in [0.15, 0.2) is 30.6 Å². The lowest BCUT2D eigenvalue weighted by Gasteiger charge is -2.18. The molecular formula is C18H23FN4O. The molecule has 1 aliphatic heterocycles. The van der Waals surface area contributed by atoms with E-state index in [1.807, 2.05) is 33.3 Å². The minimum absolute atomic E-state index is 0.119. The van der Waals surface area contributed by atoms with Gasteiger partial charge >= 0.3 is 6.03 Å². The van der Waals surface area contributed by atoms with Gasteiger partial charge in [0.2, 0.25) is 0 Å². The van der Waals surface area contributed by atoms with Crippen molar-refractivity contribution in [3.63, 3.8) is 0 Å². The molecule has 1 aromatic carbocycles. The fourth-order valence-electron chi connectivity index (χ4n) is 3.14. The molecule has 2 amide bonds. The molecule has 24 heavy (non-hydrogen) atoms. The summed E-state index contributed by atoms with van der Waals surface area (Å²) in [6.07, 6.45) is 4.76. The van der Waals surface area contributed by atoms with Crippen molar-refractivity contribution in [3.05, 3.63) is 47.5 Å². The van der Waals surface area contributed by atoms with Crippen LogP contribution in [0.2, 0.25) is 0 Å². The van der Waals surface area contributed by atoms with Crippen LogP contribution in [0.4, 0.5) is 14.9 Å². The molecule has 2 heterocycles. The largest absolute Gasteiger partial charge is 0.324 e. The van der Waals surface area contributed by atoms with E-state index in [0.717, 1.165) is 12.0 Å². The Hall–Kier alpha value is -2.37. The molecule has 3 rings (SSSR count). The second-order valence-corrected chi connectivity index (χ2v) is 6.70. The molecule has 1 aliphatic rings. The zero-order valence-electron chi connectivity index (χ0n) is 14.3. The van der Waals surface area contributed by atoms with Gasteiger partial charge in [0.05, 0.1) is 6.20 Å². The first-order chi connectivity index (χ1) is 11.4. The van der Waals surface area contributed by atoms with Crippen molar-refractivity contribution >= 4 is 11.7 Å². The Balaban J connectivity index is 1.62. The molecule has 0 spiro atoms. The van der Waals surface area contributed by atoms with Gasteiger partial charge in [-0.1, -0.05) is 19.9 Å². The highest BCUT2D eigenvalue weighted by Crippen LogP contribution is 2.27. The zero-order chi connectivity index (χ0) is 17.3. The summed E-state index contributed by atoms with van der Waals surface area (Å²) < 4.78 is 15.8. The minimum Gasteiger partial charge on any atom is -0.324 e. The van der Waals surface area contributed by atoms with Gasteiger partial charge in [0.25, 0.3) is 0 Å². The van der Waals surface area contributed by atoms with E-state index in [-0.39, 0.29) is 17.8 Å². The number of hydrogen-bond acceptors (Lipinski definition) is 2. The number of carbonyl (C=O) groups is 1. The molecule has 1 atom stereocenters. The van der Waals surface area contributed by atoms with Gasteiger partial charge in [0.15, 0.2) is 0 Å². The Morgan fingerprint density at radius 1 is 1.42 bits per heavy atom. The summed E-state index contributed by atoms with van der Waals surface area (Å²) in [6.45, 7) is 5.24. The highest BCUT2D eigenvalue weighted by Gasteiger charge is 2.28. The quantitative estimate of drug-likeness (QED) is 0.933. The van der Waals surface area contributed by atoms with E-state index in [1.54, 1.807) is 21.7 Å². The molecule has 5 nitrogen and oxygen atoms in total. The number of nitrogens with one attached hydrogen (secondary N) is 1. The summed E-state index contributed by atoms with van der Waals surface area (Å²) in [5.74, 6) is 0.149. The average molecular weight is 330 g/mol. The van der Waals surface area contributed by atoms with E-state index in [2.05, 4.69) is 10.4 Å². The molecule has 2 aromatic rings. The predicted molar refractivity (Wildman–Crippen MR) is 91.6 cm³/mol. The summed E-state index contributed by atoms with van der Waals surface area (Å²) >= 11 is 0. The smallest absolute Gasteiger partial charge is 0.321 e. The molecule has 1 N–H and O–H groups in total. The monoisotopic (exact) mass is 330 g/mol. The van der Waals surface area contributed by atoms with E-state index in [4.69, 9.17) is 0 Å². The number of rotatable bonds is 3. The first-order valence-corrected chi connectivity index (χ1v) is 8.28. The van der Waals surface area contributed by atoms with Gasteiger partial charge < -0.3 is 10.2 Å². The van der Waals surface area contributed by atoms with Crippen LogP contribution in [-0.4, -0.2) is 33.8 Å². The van der Waals surface area contributed by atoms with Crippen molar-refractivity contribution in [2.75, 3.05) is 18.4 Å². The van der Waals surface area contributed by atoms with Gasteiger partial charge in [0.1, 0.15) is 5.82 Å². The van der Waals surface area contributed by atoms with E-state index in [1.165, 1.54) is 6.07 Å². The molecule has 0 saturated carbocycles. The van der Waals surface area contributed by atoms with E-state index in [0.29, 0.717) is 30.3 Å². The lowest BCUT2D eigenvalue weighted by atomic mass is 10.0. The van der Waals surface area contributed by atoms with Crippen molar-refractivity contribution in [2.45, 2.75) is 32.1 Å². The second kappa shape index (κ2) is 6.63. The highest BCUT2D eigenvalue weighted by molar-refractivity contribution is 5.89. The third kappa shape index (κ3) is 3.42. The van der Waals surface area contributed by atoms with Crippen molar-refractivity contribution in [1.29, 1.82) is 0 Å². The Bertz CT molecular complexity index is 740. The summed E-state index contributed by atoms with van der Waals surface area (Å²) in [4.78, 5) is 14.2. The molecule has 0 unspecified atom stereocenters. The number of halogens is 1. The summed E-state index contributed by atoms with van der Waals surface area (Å²) in [7, 11) is 1.89.